The summed E-state index contributed by atoms with van der Waals surface area (Å²) >= 11 is 1.70. The van der Waals surface area contributed by atoms with Gasteiger partial charge in [-0.1, -0.05) is 25.1 Å². The molecule has 0 bridgehead atoms. The van der Waals surface area contributed by atoms with Crippen molar-refractivity contribution in [3.8, 4) is 0 Å². The van der Waals surface area contributed by atoms with Crippen molar-refractivity contribution in [3.63, 3.8) is 0 Å². The van der Waals surface area contributed by atoms with Crippen LogP contribution in [0, 0.1) is 6.92 Å². The number of fused-ring (bicyclic) bond motifs is 2. The highest BCUT2D eigenvalue weighted by Gasteiger charge is 2.11. The Balaban J connectivity index is 2.41. The third-order valence-corrected chi connectivity index (χ3v) is 4.80. The molecule has 0 aliphatic heterocycles. The minimum atomic E-state index is 0.136. The standard InChI is InChI=1S/C17H17NOS/c1-3-10-18-13-9-8-11(2)17-15(13)16(19)12-6-4-5-7-14(12)20-17/h4-9,18H,3,10H2,1-2H3. The third kappa shape index (κ3) is 2.08. The summed E-state index contributed by atoms with van der Waals surface area (Å²) in [6.45, 7) is 5.07. The van der Waals surface area contributed by atoms with E-state index >= 15 is 0 Å². The van der Waals surface area contributed by atoms with E-state index in [-0.39, 0.29) is 5.43 Å². The van der Waals surface area contributed by atoms with Gasteiger partial charge in [0.1, 0.15) is 0 Å². The monoisotopic (exact) mass is 283 g/mol. The Bertz CT molecular complexity index is 835. The zero-order valence-corrected chi connectivity index (χ0v) is 12.5. The van der Waals surface area contributed by atoms with Crippen LogP contribution in [0.3, 0.4) is 0 Å². The Hall–Kier alpha value is -1.87. The lowest BCUT2D eigenvalue weighted by molar-refractivity contribution is 0.981. The Labute approximate surface area is 122 Å². The number of nitrogens with one attached hydrogen (secondary N) is 1. The summed E-state index contributed by atoms with van der Waals surface area (Å²) in [6.07, 6.45) is 1.04. The van der Waals surface area contributed by atoms with Crippen molar-refractivity contribution in [3.05, 3.63) is 52.2 Å². The zero-order chi connectivity index (χ0) is 14.1. The molecule has 3 aromatic rings. The van der Waals surface area contributed by atoms with Crippen molar-refractivity contribution >= 4 is 37.2 Å². The van der Waals surface area contributed by atoms with Gasteiger partial charge in [-0.2, -0.15) is 0 Å². The van der Waals surface area contributed by atoms with Gasteiger partial charge in [-0.3, -0.25) is 4.79 Å². The van der Waals surface area contributed by atoms with E-state index in [1.807, 2.05) is 30.3 Å². The quantitative estimate of drug-likeness (QED) is 0.715. The van der Waals surface area contributed by atoms with Gasteiger partial charge >= 0.3 is 0 Å². The van der Waals surface area contributed by atoms with Crippen LogP contribution in [0.5, 0.6) is 0 Å². The van der Waals surface area contributed by atoms with Gasteiger partial charge < -0.3 is 5.32 Å². The molecule has 0 radical (unpaired) electrons. The molecule has 3 heteroatoms. The normalized spacial score (nSPS) is 11.1. The summed E-state index contributed by atoms with van der Waals surface area (Å²) in [5.74, 6) is 0. The number of hydrogen-bond acceptors (Lipinski definition) is 3. The van der Waals surface area contributed by atoms with Crippen LogP contribution in [0.2, 0.25) is 0 Å². The van der Waals surface area contributed by atoms with Crippen LogP contribution in [-0.4, -0.2) is 6.54 Å². The van der Waals surface area contributed by atoms with Gasteiger partial charge in [0, 0.05) is 27.0 Å². The molecule has 0 unspecified atom stereocenters. The molecule has 3 rings (SSSR count). The molecule has 0 atom stereocenters. The van der Waals surface area contributed by atoms with E-state index in [1.54, 1.807) is 11.3 Å². The lowest BCUT2D eigenvalue weighted by Crippen LogP contribution is -2.07. The number of aryl methyl sites for hydroxylation is 1. The molecule has 0 aliphatic rings. The highest BCUT2D eigenvalue weighted by atomic mass is 32.1. The summed E-state index contributed by atoms with van der Waals surface area (Å²) in [5, 5.41) is 5.03. The van der Waals surface area contributed by atoms with Crippen molar-refractivity contribution < 1.29 is 0 Å². The fourth-order valence-electron chi connectivity index (χ4n) is 2.44. The van der Waals surface area contributed by atoms with E-state index in [0.29, 0.717) is 0 Å². The van der Waals surface area contributed by atoms with Gasteiger partial charge in [0.25, 0.3) is 0 Å². The maximum atomic E-state index is 12.8. The van der Waals surface area contributed by atoms with Crippen LogP contribution in [0.15, 0.2) is 41.2 Å². The largest absolute Gasteiger partial charge is 0.384 e. The Kier molecular flexibility index (Phi) is 3.45. The number of hydrogen-bond donors (Lipinski definition) is 1. The SMILES string of the molecule is CCCNc1ccc(C)c2sc3ccccc3c(=O)c12. The number of rotatable bonds is 3. The van der Waals surface area contributed by atoms with E-state index in [1.165, 1.54) is 0 Å². The van der Waals surface area contributed by atoms with Gasteiger partial charge in [-0.25, -0.2) is 0 Å². The van der Waals surface area contributed by atoms with Crippen LogP contribution >= 0.6 is 11.3 Å². The Morgan fingerprint density at radius 3 is 2.75 bits per heavy atom. The molecule has 0 spiro atoms. The van der Waals surface area contributed by atoms with Gasteiger partial charge in [0.05, 0.1) is 5.39 Å². The average molecular weight is 283 g/mol. The zero-order valence-electron chi connectivity index (χ0n) is 11.7. The molecule has 1 heterocycles. The van der Waals surface area contributed by atoms with E-state index in [2.05, 4.69) is 25.2 Å². The molecular weight excluding hydrogens is 266 g/mol. The molecule has 1 aromatic heterocycles. The molecule has 0 saturated carbocycles. The third-order valence-electron chi connectivity index (χ3n) is 3.49. The summed E-state index contributed by atoms with van der Waals surface area (Å²) in [4.78, 5) is 12.8. The molecule has 1 N–H and O–H groups in total. The maximum Gasteiger partial charge on any atom is 0.197 e. The topological polar surface area (TPSA) is 29.1 Å². The number of anilines is 1. The summed E-state index contributed by atoms with van der Waals surface area (Å²) < 4.78 is 2.15. The molecule has 0 fully saturated rings. The van der Waals surface area contributed by atoms with Crippen molar-refractivity contribution in [2.75, 3.05) is 11.9 Å². The molecule has 0 amide bonds. The van der Waals surface area contributed by atoms with E-state index in [9.17, 15) is 4.79 Å². The predicted octanol–water partition coefficient (Wildman–Crippen LogP) is 4.55. The Morgan fingerprint density at radius 2 is 1.95 bits per heavy atom. The van der Waals surface area contributed by atoms with Gasteiger partial charge in [0.15, 0.2) is 5.43 Å². The highest BCUT2D eigenvalue weighted by molar-refractivity contribution is 7.24. The molecular formula is C17H17NOS. The second kappa shape index (κ2) is 5.25. The first kappa shape index (κ1) is 13.1. The fourth-order valence-corrected chi connectivity index (χ4v) is 3.61. The van der Waals surface area contributed by atoms with E-state index in [0.717, 1.165) is 44.4 Å². The lowest BCUT2D eigenvalue weighted by Gasteiger charge is -2.11. The van der Waals surface area contributed by atoms with Crippen LogP contribution in [-0.2, 0) is 0 Å². The van der Waals surface area contributed by atoms with Crippen LogP contribution in [0.4, 0.5) is 5.69 Å². The summed E-state index contributed by atoms with van der Waals surface area (Å²) in [5.41, 5.74) is 2.26. The lowest BCUT2D eigenvalue weighted by atomic mass is 10.1. The van der Waals surface area contributed by atoms with E-state index < -0.39 is 0 Å². The van der Waals surface area contributed by atoms with Crippen molar-refractivity contribution in [2.45, 2.75) is 20.3 Å². The molecule has 2 nitrogen and oxygen atoms in total. The first-order valence-electron chi connectivity index (χ1n) is 6.91. The Morgan fingerprint density at radius 1 is 1.15 bits per heavy atom. The van der Waals surface area contributed by atoms with E-state index in [4.69, 9.17) is 0 Å². The molecule has 102 valence electrons. The molecule has 20 heavy (non-hydrogen) atoms. The predicted molar refractivity (Wildman–Crippen MR) is 89.1 cm³/mol. The van der Waals surface area contributed by atoms with Crippen LogP contribution < -0.4 is 10.7 Å². The number of benzene rings is 2. The van der Waals surface area contributed by atoms with Crippen LogP contribution in [0.1, 0.15) is 18.9 Å². The van der Waals surface area contributed by atoms with Crippen molar-refractivity contribution in [1.29, 1.82) is 0 Å². The smallest absolute Gasteiger partial charge is 0.197 e. The molecule has 2 aromatic carbocycles. The molecule has 0 saturated heterocycles. The van der Waals surface area contributed by atoms with Crippen molar-refractivity contribution in [1.82, 2.24) is 0 Å². The maximum absolute atomic E-state index is 12.8. The second-order valence-electron chi connectivity index (χ2n) is 4.99. The first-order valence-corrected chi connectivity index (χ1v) is 7.73. The van der Waals surface area contributed by atoms with Crippen molar-refractivity contribution in [2.24, 2.45) is 0 Å². The van der Waals surface area contributed by atoms with Gasteiger partial charge in [0.2, 0.25) is 0 Å². The molecule has 0 aliphatic carbocycles. The van der Waals surface area contributed by atoms with Gasteiger partial charge in [-0.05, 0) is 37.1 Å². The highest BCUT2D eigenvalue weighted by Crippen LogP contribution is 2.31. The summed E-state index contributed by atoms with van der Waals surface area (Å²) in [7, 11) is 0. The van der Waals surface area contributed by atoms with Gasteiger partial charge in [-0.15, -0.1) is 11.3 Å². The fraction of sp³-hybridized carbons (Fsp3) is 0.235. The summed E-state index contributed by atoms with van der Waals surface area (Å²) in [6, 6.07) is 12.0. The minimum Gasteiger partial charge on any atom is -0.384 e. The van der Waals surface area contributed by atoms with Crippen LogP contribution in [0.25, 0.3) is 20.2 Å². The second-order valence-corrected chi connectivity index (χ2v) is 6.04. The average Bonchev–Trinajstić information content (AvgIpc) is 2.47. The minimum absolute atomic E-state index is 0.136. The first-order chi connectivity index (χ1) is 9.72.